The largest absolute Gasteiger partial charge is 0.378 e. The minimum atomic E-state index is -0.412. The van der Waals surface area contributed by atoms with E-state index in [2.05, 4.69) is 23.1 Å². The molecule has 4 nitrogen and oxygen atoms in total. The van der Waals surface area contributed by atoms with Crippen molar-refractivity contribution < 1.29 is 13.9 Å². The molecule has 0 amide bonds. The van der Waals surface area contributed by atoms with Gasteiger partial charge in [-0.05, 0) is 42.2 Å². The number of piperidine rings is 1. The Hall–Kier alpha value is -2.55. The molecule has 5 heteroatoms. The molecule has 4 rings (SSSR count). The lowest BCUT2D eigenvalue weighted by Crippen LogP contribution is -2.57. The summed E-state index contributed by atoms with van der Waals surface area (Å²) >= 11 is 0. The summed E-state index contributed by atoms with van der Waals surface area (Å²) in [6.45, 7) is 2.13. The molecule has 144 valence electrons. The SMILES string of the molecule is N#Cc1ccc(F)cc1CC(=O)C1CC2COCC(C1)N2Cc1ccccc1. The summed E-state index contributed by atoms with van der Waals surface area (Å²) in [7, 11) is 0. The summed E-state index contributed by atoms with van der Waals surface area (Å²) in [6.07, 6.45) is 1.61. The van der Waals surface area contributed by atoms with Crippen molar-refractivity contribution >= 4 is 5.78 Å². The number of halogens is 1. The van der Waals surface area contributed by atoms with Gasteiger partial charge in [0.1, 0.15) is 11.6 Å². The highest BCUT2D eigenvalue weighted by atomic mass is 19.1. The van der Waals surface area contributed by atoms with Gasteiger partial charge in [-0.1, -0.05) is 30.3 Å². The van der Waals surface area contributed by atoms with Crippen molar-refractivity contribution in [3.05, 3.63) is 71.0 Å². The van der Waals surface area contributed by atoms with Crippen LogP contribution in [0.15, 0.2) is 48.5 Å². The minimum absolute atomic E-state index is 0.0688. The maximum atomic E-state index is 13.6. The molecule has 2 aliphatic rings. The predicted octanol–water partition coefficient (Wildman–Crippen LogP) is 3.49. The van der Waals surface area contributed by atoms with Gasteiger partial charge in [0.15, 0.2) is 0 Å². The molecule has 2 aromatic carbocycles. The summed E-state index contributed by atoms with van der Waals surface area (Å²) in [4.78, 5) is 15.4. The highest BCUT2D eigenvalue weighted by Gasteiger charge is 2.41. The van der Waals surface area contributed by atoms with E-state index in [1.165, 1.54) is 23.8 Å². The highest BCUT2D eigenvalue weighted by molar-refractivity contribution is 5.84. The van der Waals surface area contributed by atoms with E-state index in [-0.39, 0.29) is 30.2 Å². The molecule has 2 unspecified atom stereocenters. The molecule has 0 spiro atoms. The van der Waals surface area contributed by atoms with Crippen molar-refractivity contribution in [3.63, 3.8) is 0 Å². The quantitative estimate of drug-likeness (QED) is 0.799. The zero-order valence-corrected chi connectivity index (χ0v) is 15.7. The third kappa shape index (κ3) is 3.99. The number of ketones is 1. The van der Waals surface area contributed by atoms with Gasteiger partial charge in [0, 0.05) is 31.0 Å². The molecule has 2 heterocycles. The first-order valence-corrected chi connectivity index (χ1v) is 9.72. The Kier molecular flexibility index (Phi) is 5.52. The van der Waals surface area contributed by atoms with Crippen LogP contribution in [0.3, 0.4) is 0 Å². The van der Waals surface area contributed by atoms with E-state index in [0.717, 1.165) is 19.4 Å². The number of carbonyl (C=O) groups excluding carboxylic acids is 1. The Morgan fingerprint density at radius 2 is 1.86 bits per heavy atom. The second kappa shape index (κ2) is 8.22. The second-order valence-corrected chi connectivity index (χ2v) is 7.73. The van der Waals surface area contributed by atoms with E-state index in [1.807, 2.05) is 18.2 Å². The number of rotatable bonds is 5. The average molecular weight is 378 g/mol. The summed E-state index contributed by atoms with van der Waals surface area (Å²) < 4.78 is 19.3. The zero-order valence-electron chi connectivity index (χ0n) is 15.7. The monoisotopic (exact) mass is 378 g/mol. The lowest BCUT2D eigenvalue weighted by atomic mass is 9.80. The molecule has 2 atom stereocenters. The fourth-order valence-electron chi connectivity index (χ4n) is 4.45. The highest BCUT2D eigenvalue weighted by Crippen LogP contribution is 2.34. The number of carbonyl (C=O) groups is 1. The normalized spacial score (nSPS) is 24.5. The molecule has 0 saturated carbocycles. The van der Waals surface area contributed by atoms with Gasteiger partial charge < -0.3 is 4.74 Å². The van der Waals surface area contributed by atoms with Crippen molar-refractivity contribution in [2.24, 2.45) is 5.92 Å². The summed E-state index contributed by atoms with van der Waals surface area (Å²) in [6, 6.07) is 16.9. The van der Waals surface area contributed by atoms with Gasteiger partial charge in [-0.25, -0.2) is 4.39 Å². The minimum Gasteiger partial charge on any atom is -0.378 e. The molecular weight excluding hydrogens is 355 g/mol. The van der Waals surface area contributed by atoms with Crippen molar-refractivity contribution in [3.8, 4) is 6.07 Å². The molecule has 2 fully saturated rings. The summed E-state index contributed by atoms with van der Waals surface area (Å²) in [5, 5.41) is 9.23. The third-order valence-electron chi connectivity index (χ3n) is 5.89. The first-order chi connectivity index (χ1) is 13.6. The Bertz CT molecular complexity index is 879. The Morgan fingerprint density at radius 3 is 2.54 bits per heavy atom. The van der Waals surface area contributed by atoms with Crippen molar-refractivity contribution in [1.29, 1.82) is 5.26 Å². The molecule has 28 heavy (non-hydrogen) atoms. The Balaban J connectivity index is 1.46. The van der Waals surface area contributed by atoms with Crippen molar-refractivity contribution in [2.45, 2.75) is 37.9 Å². The van der Waals surface area contributed by atoms with E-state index in [1.54, 1.807) is 0 Å². The van der Waals surface area contributed by atoms with E-state index in [4.69, 9.17) is 4.74 Å². The lowest BCUT2D eigenvalue weighted by Gasteiger charge is -2.48. The van der Waals surface area contributed by atoms with E-state index in [9.17, 15) is 14.4 Å². The lowest BCUT2D eigenvalue weighted by molar-refractivity contribution is -0.133. The number of nitrogens with zero attached hydrogens (tertiary/aromatic N) is 2. The zero-order chi connectivity index (χ0) is 19.5. The van der Waals surface area contributed by atoms with Crippen LogP contribution in [-0.2, 0) is 22.5 Å². The van der Waals surface area contributed by atoms with Crippen LogP contribution >= 0.6 is 0 Å². The van der Waals surface area contributed by atoms with E-state index >= 15 is 0 Å². The van der Waals surface area contributed by atoms with Crippen molar-refractivity contribution in [1.82, 2.24) is 4.90 Å². The predicted molar refractivity (Wildman–Crippen MR) is 103 cm³/mol. The van der Waals surface area contributed by atoms with Gasteiger partial charge in [0.05, 0.1) is 24.8 Å². The number of ether oxygens (including phenoxy) is 1. The van der Waals surface area contributed by atoms with Gasteiger partial charge in [0.25, 0.3) is 0 Å². The van der Waals surface area contributed by atoms with E-state index in [0.29, 0.717) is 24.3 Å². The first-order valence-electron chi connectivity index (χ1n) is 9.72. The van der Waals surface area contributed by atoms with Gasteiger partial charge in [-0.2, -0.15) is 5.26 Å². The number of fused-ring (bicyclic) bond motifs is 2. The van der Waals surface area contributed by atoms with Crippen LogP contribution in [0.1, 0.15) is 29.5 Å². The summed E-state index contributed by atoms with van der Waals surface area (Å²) in [5.74, 6) is -0.385. The van der Waals surface area contributed by atoms with Gasteiger partial charge in [-0.15, -0.1) is 0 Å². The summed E-state index contributed by atoms with van der Waals surface area (Å²) in [5.41, 5.74) is 2.13. The second-order valence-electron chi connectivity index (χ2n) is 7.73. The van der Waals surface area contributed by atoms with Crippen LogP contribution < -0.4 is 0 Å². The smallest absolute Gasteiger partial charge is 0.140 e. The van der Waals surface area contributed by atoms with Crippen LogP contribution in [0, 0.1) is 23.1 Å². The maximum absolute atomic E-state index is 13.6. The number of hydrogen-bond donors (Lipinski definition) is 0. The van der Waals surface area contributed by atoms with Gasteiger partial charge in [-0.3, -0.25) is 9.69 Å². The van der Waals surface area contributed by atoms with Crippen LogP contribution in [0.25, 0.3) is 0 Å². The number of morpholine rings is 1. The van der Waals surface area contributed by atoms with Crippen LogP contribution in [-0.4, -0.2) is 36.0 Å². The molecule has 0 aromatic heterocycles. The Morgan fingerprint density at radius 1 is 1.14 bits per heavy atom. The molecule has 0 N–H and O–H groups in total. The number of hydrogen-bond acceptors (Lipinski definition) is 4. The van der Waals surface area contributed by atoms with Crippen LogP contribution in [0.5, 0.6) is 0 Å². The van der Waals surface area contributed by atoms with Crippen LogP contribution in [0.2, 0.25) is 0 Å². The third-order valence-corrected chi connectivity index (χ3v) is 5.89. The van der Waals surface area contributed by atoms with Gasteiger partial charge in [0.2, 0.25) is 0 Å². The molecule has 2 bridgehead atoms. The standard InChI is InChI=1S/C23H23FN2O2/c24-20-7-6-17(12-25)18(8-20)11-23(27)19-9-21-14-28-15-22(10-19)26(21)13-16-4-2-1-3-5-16/h1-8,19,21-22H,9-11,13-15H2. The molecule has 2 aliphatic heterocycles. The van der Waals surface area contributed by atoms with Crippen molar-refractivity contribution in [2.75, 3.05) is 13.2 Å². The topological polar surface area (TPSA) is 53.3 Å². The molecular formula is C23H23FN2O2. The number of Topliss-reactive ketones (excluding diaryl/α,β-unsaturated/α-hetero) is 1. The average Bonchev–Trinajstić information content (AvgIpc) is 2.68. The number of benzene rings is 2. The molecule has 0 aliphatic carbocycles. The fourth-order valence-corrected chi connectivity index (χ4v) is 4.45. The van der Waals surface area contributed by atoms with E-state index < -0.39 is 5.82 Å². The van der Waals surface area contributed by atoms with Crippen LogP contribution in [0.4, 0.5) is 4.39 Å². The fraction of sp³-hybridized carbons (Fsp3) is 0.391. The maximum Gasteiger partial charge on any atom is 0.140 e. The molecule has 0 radical (unpaired) electrons. The Labute approximate surface area is 164 Å². The molecule has 2 saturated heterocycles. The van der Waals surface area contributed by atoms with Gasteiger partial charge >= 0.3 is 0 Å². The number of nitriles is 1. The first kappa shape index (κ1) is 18.8. The molecule has 2 aromatic rings.